The summed E-state index contributed by atoms with van der Waals surface area (Å²) >= 11 is 6.17. The van der Waals surface area contributed by atoms with Crippen LogP contribution in [-0.4, -0.2) is 20.2 Å². The van der Waals surface area contributed by atoms with Crippen molar-refractivity contribution in [2.45, 2.75) is 39.5 Å². The monoisotopic (exact) mass is 309 g/mol. The normalized spacial score (nSPS) is 25.8. The van der Waals surface area contributed by atoms with Gasteiger partial charge in [0.05, 0.1) is 7.11 Å². The molecule has 1 saturated carbocycles. The zero-order valence-electron chi connectivity index (χ0n) is 13.5. The van der Waals surface area contributed by atoms with Crippen LogP contribution < -0.4 is 10.1 Å². The maximum Gasteiger partial charge on any atom is 0.122 e. The number of ether oxygens (including phenoxy) is 1. The summed E-state index contributed by atoms with van der Waals surface area (Å²) in [4.78, 5) is 0. The minimum Gasteiger partial charge on any atom is -0.496 e. The average Bonchev–Trinajstić information content (AvgIpc) is 2.47. The van der Waals surface area contributed by atoms with Crippen molar-refractivity contribution >= 4 is 11.6 Å². The van der Waals surface area contributed by atoms with Crippen LogP contribution in [0, 0.1) is 17.8 Å². The van der Waals surface area contributed by atoms with E-state index in [0.29, 0.717) is 0 Å². The number of hydrogen-bond donors (Lipinski definition) is 1. The Bertz CT molecular complexity index is 447. The average molecular weight is 310 g/mol. The zero-order chi connectivity index (χ0) is 15.2. The van der Waals surface area contributed by atoms with E-state index in [1.165, 1.54) is 24.8 Å². The Morgan fingerprint density at radius 2 is 2.10 bits per heavy atom. The van der Waals surface area contributed by atoms with Crippen molar-refractivity contribution in [2.75, 3.05) is 20.2 Å². The van der Waals surface area contributed by atoms with Crippen molar-refractivity contribution in [3.63, 3.8) is 0 Å². The van der Waals surface area contributed by atoms with E-state index in [-0.39, 0.29) is 0 Å². The quantitative estimate of drug-likeness (QED) is 0.832. The third-order valence-corrected chi connectivity index (χ3v) is 5.02. The molecule has 1 fully saturated rings. The summed E-state index contributed by atoms with van der Waals surface area (Å²) in [6, 6.07) is 5.97. The Labute approximate surface area is 134 Å². The van der Waals surface area contributed by atoms with Gasteiger partial charge in [0.1, 0.15) is 5.75 Å². The standard InChI is InChI=1S/C18H28ClNO/c1-4-20-12-14-6-5-13(2)9-15(14)10-16-11-17(19)7-8-18(16)21-3/h7-8,11,13-15,20H,4-6,9-10,12H2,1-3H3. The van der Waals surface area contributed by atoms with E-state index in [9.17, 15) is 0 Å². The lowest BCUT2D eigenvalue weighted by molar-refractivity contribution is 0.183. The number of halogens is 1. The van der Waals surface area contributed by atoms with Crippen molar-refractivity contribution in [2.24, 2.45) is 17.8 Å². The van der Waals surface area contributed by atoms with Crippen LogP contribution in [0.2, 0.25) is 5.02 Å². The molecule has 0 aliphatic heterocycles. The van der Waals surface area contributed by atoms with Crippen LogP contribution in [0.15, 0.2) is 18.2 Å². The van der Waals surface area contributed by atoms with Gasteiger partial charge in [-0.15, -0.1) is 0 Å². The smallest absolute Gasteiger partial charge is 0.122 e. The van der Waals surface area contributed by atoms with Crippen molar-refractivity contribution in [1.82, 2.24) is 5.32 Å². The van der Waals surface area contributed by atoms with Gasteiger partial charge in [0, 0.05) is 5.02 Å². The van der Waals surface area contributed by atoms with E-state index in [4.69, 9.17) is 16.3 Å². The number of benzene rings is 1. The van der Waals surface area contributed by atoms with Gasteiger partial charge in [0.25, 0.3) is 0 Å². The zero-order valence-corrected chi connectivity index (χ0v) is 14.2. The lowest BCUT2D eigenvalue weighted by Gasteiger charge is -2.35. The molecular weight excluding hydrogens is 282 g/mol. The molecule has 0 radical (unpaired) electrons. The fourth-order valence-electron chi connectivity index (χ4n) is 3.60. The van der Waals surface area contributed by atoms with E-state index in [1.54, 1.807) is 7.11 Å². The maximum absolute atomic E-state index is 6.17. The summed E-state index contributed by atoms with van der Waals surface area (Å²) in [5.74, 6) is 3.29. The Balaban J connectivity index is 2.11. The highest BCUT2D eigenvalue weighted by Crippen LogP contribution is 2.37. The van der Waals surface area contributed by atoms with Crippen LogP contribution >= 0.6 is 11.6 Å². The topological polar surface area (TPSA) is 21.3 Å². The number of hydrogen-bond acceptors (Lipinski definition) is 2. The molecule has 21 heavy (non-hydrogen) atoms. The minimum atomic E-state index is 0.722. The van der Waals surface area contributed by atoms with Gasteiger partial charge in [0.15, 0.2) is 0 Å². The third kappa shape index (κ3) is 4.62. The second-order valence-corrected chi connectivity index (χ2v) is 6.84. The first-order valence-electron chi connectivity index (χ1n) is 8.17. The van der Waals surface area contributed by atoms with Gasteiger partial charge in [-0.05, 0) is 73.9 Å². The lowest BCUT2D eigenvalue weighted by Crippen LogP contribution is -2.33. The van der Waals surface area contributed by atoms with Crippen LogP contribution in [0.3, 0.4) is 0 Å². The first-order valence-corrected chi connectivity index (χ1v) is 8.55. The highest BCUT2D eigenvalue weighted by molar-refractivity contribution is 6.30. The fourth-order valence-corrected chi connectivity index (χ4v) is 3.79. The largest absolute Gasteiger partial charge is 0.496 e. The van der Waals surface area contributed by atoms with Gasteiger partial charge in [0.2, 0.25) is 0 Å². The van der Waals surface area contributed by atoms with Gasteiger partial charge in [-0.1, -0.05) is 31.9 Å². The lowest BCUT2D eigenvalue weighted by atomic mass is 9.72. The van der Waals surface area contributed by atoms with Crippen LogP contribution in [0.1, 0.15) is 38.7 Å². The number of rotatable bonds is 6. The Hall–Kier alpha value is -0.730. The SMILES string of the molecule is CCNCC1CCC(C)CC1Cc1cc(Cl)ccc1OC. The van der Waals surface area contributed by atoms with Crippen LogP contribution in [0.5, 0.6) is 5.75 Å². The van der Waals surface area contributed by atoms with E-state index < -0.39 is 0 Å². The summed E-state index contributed by atoms with van der Waals surface area (Å²) < 4.78 is 5.51. The molecule has 1 aromatic rings. The second kappa shape index (κ2) is 8.05. The van der Waals surface area contributed by atoms with Crippen LogP contribution in [0.4, 0.5) is 0 Å². The van der Waals surface area contributed by atoms with Gasteiger partial charge < -0.3 is 10.1 Å². The van der Waals surface area contributed by atoms with Gasteiger partial charge in [-0.3, -0.25) is 0 Å². The first-order chi connectivity index (χ1) is 10.1. The summed E-state index contributed by atoms with van der Waals surface area (Å²) in [7, 11) is 1.74. The summed E-state index contributed by atoms with van der Waals surface area (Å²) in [6.07, 6.45) is 5.08. The van der Waals surface area contributed by atoms with Gasteiger partial charge >= 0.3 is 0 Å². The Morgan fingerprint density at radius 3 is 2.81 bits per heavy atom. The molecule has 0 spiro atoms. The summed E-state index contributed by atoms with van der Waals surface area (Å²) in [5.41, 5.74) is 1.26. The van der Waals surface area contributed by atoms with Crippen molar-refractivity contribution in [3.05, 3.63) is 28.8 Å². The second-order valence-electron chi connectivity index (χ2n) is 6.41. The molecule has 0 aromatic heterocycles. The van der Waals surface area contributed by atoms with Crippen LogP contribution in [0.25, 0.3) is 0 Å². The first kappa shape index (κ1) is 16.6. The van der Waals surface area contributed by atoms with Gasteiger partial charge in [-0.2, -0.15) is 0 Å². The van der Waals surface area contributed by atoms with E-state index in [0.717, 1.165) is 48.0 Å². The Kier molecular flexibility index (Phi) is 6.38. The van der Waals surface area contributed by atoms with Crippen molar-refractivity contribution in [3.8, 4) is 5.75 Å². The molecule has 1 N–H and O–H groups in total. The van der Waals surface area contributed by atoms with Crippen molar-refractivity contribution < 1.29 is 4.74 Å². The fraction of sp³-hybridized carbons (Fsp3) is 0.667. The molecule has 2 rings (SSSR count). The van der Waals surface area contributed by atoms with E-state index >= 15 is 0 Å². The molecule has 2 nitrogen and oxygen atoms in total. The molecule has 3 heteroatoms. The molecule has 0 amide bonds. The molecule has 0 bridgehead atoms. The van der Waals surface area contributed by atoms with E-state index in [1.807, 2.05) is 12.1 Å². The molecule has 118 valence electrons. The predicted octanol–water partition coefficient (Wildman–Crippen LogP) is 4.55. The molecule has 0 saturated heterocycles. The molecule has 3 atom stereocenters. The highest BCUT2D eigenvalue weighted by Gasteiger charge is 2.29. The predicted molar refractivity (Wildman–Crippen MR) is 90.2 cm³/mol. The molecule has 1 aliphatic carbocycles. The number of methoxy groups -OCH3 is 1. The Morgan fingerprint density at radius 1 is 1.29 bits per heavy atom. The third-order valence-electron chi connectivity index (χ3n) is 4.78. The number of nitrogens with one attached hydrogen (secondary N) is 1. The van der Waals surface area contributed by atoms with Crippen LogP contribution in [-0.2, 0) is 6.42 Å². The van der Waals surface area contributed by atoms with Crippen molar-refractivity contribution in [1.29, 1.82) is 0 Å². The summed E-state index contributed by atoms with van der Waals surface area (Å²) in [5, 5.41) is 4.33. The van der Waals surface area contributed by atoms with Gasteiger partial charge in [-0.25, -0.2) is 0 Å². The van der Waals surface area contributed by atoms with E-state index in [2.05, 4.69) is 25.2 Å². The molecule has 1 aliphatic rings. The molecule has 3 unspecified atom stereocenters. The molecule has 0 heterocycles. The highest BCUT2D eigenvalue weighted by atomic mass is 35.5. The molecular formula is C18H28ClNO. The maximum atomic E-state index is 6.17. The molecule has 1 aromatic carbocycles. The minimum absolute atomic E-state index is 0.722. The summed E-state index contributed by atoms with van der Waals surface area (Å²) in [6.45, 7) is 6.75.